The number of alkyl halides is 2. The van der Waals surface area contributed by atoms with Crippen molar-refractivity contribution in [3.05, 3.63) is 41.9 Å². The maximum absolute atomic E-state index is 13.7. The van der Waals surface area contributed by atoms with Gasteiger partial charge in [-0.15, -0.1) is 0 Å². The van der Waals surface area contributed by atoms with Crippen LogP contribution in [0.3, 0.4) is 0 Å². The molecule has 1 fully saturated rings. The number of anilines is 2. The molecule has 1 saturated heterocycles. The molecule has 7 nitrogen and oxygen atoms in total. The first-order chi connectivity index (χ1) is 13.4. The predicted octanol–water partition coefficient (Wildman–Crippen LogP) is 2.74. The Morgan fingerprint density at radius 2 is 2.11 bits per heavy atom. The van der Waals surface area contributed by atoms with Gasteiger partial charge in [-0.1, -0.05) is 0 Å². The van der Waals surface area contributed by atoms with Crippen molar-refractivity contribution in [1.29, 1.82) is 5.41 Å². The first kappa shape index (κ1) is 19.9. The number of piperidine rings is 1. The van der Waals surface area contributed by atoms with Crippen LogP contribution in [0.25, 0.3) is 0 Å². The maximum Gasteiger partial charge on any atom is 0.265 e. The minimum atomic E-state index is -2.74. The van der Waals surface area contributed by atoms with E-state index in [-0.39, 0.29) is 18.7 Å². The number of ether oxygens (including phenoxy) is 2. The van der Waals surface area contributed by atoms with Gasteiger partial charge in [-0.25, -0.2) is 18.7 Å². The molecule has 0 atom stereocenters. The van der Waals surface area contributed by atoms with E-state index >= 15 is 0 Å². The minimum absolute atomic E-state index is 0.0714. The lowest BCUT2D eigenvalue weighted by Crippen LogP contribution is -2.43. The summed E-state index contributed by atoms with van der Waals surface area (Å²) in [5.74, 6) is -1.81. The fourth-order valence-corrected chi connectivity index (χ4v) is 3.04. The summed E-state index contributed by atoms with van der Waals surface area (Å²) in [6, 6.07) is 6.56. The smallest absolute Gasteiger partial charge is 0.265 e. The van der Waals surface area contributed by atoms with Crippen molar-refractivity contribution >= 4 is 17.2 Å². The number of benzene rings is 1. The van der Waals surface area contributed by atoms with Gasteiger partial charge in [-0.05, 0) is 24.6 Å². The molecule has 0 spiro atoms. The Morgan fingerprint density at radius 3 is 2.86 bits per heavy atom. The average Bonchev–Trinajstić information content (AvgIpc) is 2.68. The van der Waals surface area contributed by atoms with E-state index in [9.17, 15) is 8.78 Å². The molecule has 0 saturated carbocycles. The molecule has 0 amide bonds. The normalized spacial score (nSPS) is 16.0. The lowest BCUT2D eigenvalue weighted by molar-refractivity contribution is -0.0118. The monoisotopic (exact) mass is 391 g/mol. The highest BCUT2D eigenvalue weighted by molar-refractivity contribution is 6.13. The Kier molecular flexibility index (Phi) is 6.03. The second-order valence-electron chi connectivity index (χ2n) is 6.61. The fourth-order valence-electron chi connectivity index (χ4n) is 3.04. The van der Waals surface area contributed by atoms with Crippen molar-refractivity contribution in [2.45, 2.75) is 18.8 Å². The lowest BCUT2D eigenvalue weighted by Gasteiger charge is -2.33. The Balaban J connectivity index is 1.82. The molecular formula is C19H23F2N5O2. The third-order valence-electron chi connectivity index (χ3n) is 4.48. The number of nitrogens with one attached hydrogen (secondary N) is 1. The zero-order valence-corrected chi connectivity index (χ0v) is 15.6. The van der Waals surface area contributed by atoms with Crippen LogP contribution in [0, 0.1) is 5.41 Å². The van der Waals surface area contributed by atoms with E-state index in [1.807, 2.05) is 0 Å². The van der Waals surface area contributed by atoms with Crippen LogP contribution in [0.15, 0.2) is 30.6 Å². The van der Waals surface area contributed by atoms with E-state index in [2.05, 4.69) is 9.97 Å². The highest BCUT2D eigenvalue weighted by Gasteiger charge is 2.35. The Labute approximate surface area is 162 Å². The summed E-state index contributed by atoms with van der Waals surface area (Å²) in [6.45, 7) is 0.910. The Bertz CT molecular complexity index is 847. The molecule has 9 heteroatoms. The van der Waals surface area contributed by atoms with Crippen LogP contribution in [0.4, 0.5) is 20.3 Å². The average molecular weight is 391 g/mol. The largest absolute Gasteiger partial charge is 0.491 e. The van der Waals surface area contributed by atoms with E-state index < -0.39 is 5.92 Å². The topological polar surface area (TPSA) is 97.4 Å². The first-order valence-electron chi connectivity index (χ1n) is 8.95. The molecule has 0 unspecified atom stereocenters. The number of methoxy groups -OCH3 is 1. The van der Waals surface area contributed by atoms with Crippen molar-refractivity contribution < 1.29 is 18.3 Å². The lowest BCUT2D eigenvalue weighted by atomic mass is 10.0. The minimum Gasteiger partial charge on any atom is -0.491 e. The summed E-state index contributed by atoms with van der Waals surface area (Å²) in [6.07, 6.45) is 1.54. The molecule has 1 aromatic carbocycles. The third-order valence-corrected chi connectivity index (χ3v) is 4.48. The van der Waals surface area contributed by atoms with Crippen molar-refractivity contribution in [3.63, 3.8) is 0 Å². The fraction of sp³-hybridized carbons (Fsp3) is 0.421. The number of nitrogens with zero attached hydrogens (tertiary/aromatic N) is 3. The van der Waals surface area contributed by atoms with Gasteiger partial charge in [0, 0.05) is 37.4 Å². The number of nitrogen functional groups attached to an aromatic ring is 1. The van der Waals surface area contributed by atoms with E-state index in [4.69, 9.17) is 20.6 Å². The van der Waals surface area contributed by atoms with Crippen LogP contribution in [-0.4, -0.2) is 55.0 Å². The SMILES string of the molecule is COCCOc1ccc(N)c(C(=N)c2cc(N3CCCC(F)(F)C3)ncn2)c1. The molecule has 3 N–H and O–H groups in total. The number of hydrogen-bond acceptors (Lipinski definition) is 7. The van der Waals surface area contributed by atoms with Gasteiger partial charge in [0.2, 0.25) is 0 Å². The van der Waals surface area contributed by atoms with Gasteiger partial charge in [0.25, 0.3) is 5.92 Å². The molecule has 1 aromatic heterocycles. The Morgan fingerprint density at radius 1 is 1.29 bits per heavy atom. The van der Waals surface area contributed by atoms with Crippen molar-refractivity contribution in [2.75, 3.05) is 44.0 Å². The van der Waals surface area contributed by atoms with Gasteiger partial charge in [0.15, 0.2) is 0 Å². The number of hydrogen-bond donors (Lipinski definition) is 2. The standard InChI is InChI=1S/C19H23F2N5O2/c1-27-7-8-28-13-3-4-15(22)14(9-13)18(23)16-10-17(25-12-24-16)26-6-2-5-19(20,21)11-26/h3-4,9-10,12,23H,2,5-8,11,22H2,1H3. The zero-order chi connectivity index (χ0) is 20.1. The van der Waals surface area contributed by atoms with E-state index in [1.54, 1.807) is 31.4 Å². The predicted molar refractivity (Wildman–Crippen MR) is 103 cm³/mol. The van der Waals surface area contributed by atoms with Gasteiger partial charge in [0.1, 0.15) is 24.5 Å². The van der Waals surface area contributed by atoms with E-state index in [0.29, 0.717) is 54.7 Å². The van der Waals surface area contributed by atoms with Gasteiger partial charge >= 0.3 is 0 Å². The van der Waals surface area contributed by atoms with E-state index in [1.165, 1.54) is 11.2 Å². The van der Waals surface area contributed by atoms with Crippen LogP contribution < -0.4 is 15.4 Å². The maximum atomic E-state index is 13.7. The van der Waals surface area contributed by atoms with Crippen LogP contribution in [0.1, 0.15) is 24.1 Å². The molecule has 150 valence electrons. The summed E-state index contributed by atoms with van der Waals surface area (Å²) in [5.41, 5.74) is 7.25. The second kappa shape index (κ2) is 8.47. The van der Waals surface area contributed by atoms with Crippen LogP contribution in [0.5, 0.6) is 5.75 Å². The first-order valence-corrected chi connectivity index (χ1v) is 8.95. The summed E-state index contributed by atoms with van der Waals surface area (Å²) >= 11 is 0. The quantitative estimate of drug-likeness (QED) is 0.428. The number of aromatic nitrogens is 2. The molecule has 28 heavy (non-hydrogen) atoms. The molecular weight excluding hydrogens is 368 g/mol. The van der Waals surface area contributed by atoms with Gasteiger partial charge in [-0.2, -0.15) is 0 Å². The Hall–Kier alpha value is -2.81. The summed E-state index contributed by atoms with van der Waals surface area (Å²) < 4.78 is 38.0. The van der Waals surface area contributed by atoms with Crippen molar-refractivity contribution in [3.8, 4) is 5.75 Å². The molecule has 0 aliphatic carbocycles. The summed E-state index contributed by atoms with van der Waals surface area (Å²) in [7, 11) is 1.58. The summed E-state index contributed by atoms with van der Waals surface area (Å²) in [4.78, 5) is 9.76. The number of nitrogens with two attached hydrogens (primary N) is 1. The van der Waals surface area contributed by atoms with Gasteiger partial charge in [0.05, 0.1) is 24.6 Å². The van der Waals surface area contributed by atoms with Crippen LogP contribution >= 0.6 is 0 Å². The summed E-state index contributed by atoms with van der Waals surface area (Å²) in [5, 5.41) is 8.49. The molecule has 3 rings (SSSR count). The highest BCUT2D eigenvalue weighted by Crippen LogP contribution is 2.29. The second-order valence-corrected chi connectivity index (χ2v) is 6.61. The van der Waals surface area contributed by atoms with Crippen LogP contribution in [0.2, 0.25) is 0 Å². The molecule has 0 bridgehead atoms. The molecule has 2 heterocycles. The molecule has 0 radical (unpaired) electrons. The van der Waals surface area contributed by atoms with Crippen molar-refractivity contribution in [2.24, 2.45) is 0 Å². The van der Waals surface area contributed by atoms with Gasteiger partial charge < -0.3 is 20.1 Å². The molecule has 2 aromatic rings. The zero-order valence-electron chi connectivity index (χ0n) is 15.6. The third kappa shape index (κ3) is 4.72. The van der Waals surface area contributed by atoms with Crippen molar-refractivity contribution in [1.82, 2.24) is 9.97 Å². The van der Waals surface area contributed by atoms with Gasteiger partial charge in [-0.3, -0.25) is 5.41 Å². The number of rotatable bonds is 7. The molecule has 1 aliphatic rings. The highest BCUT2D eigenvalue weighted by atomic mass is 19.3. The van der Waals surface area contributed by atoms with Crippen LogP contribution in [-0.2, 0) is 4.74 Å². The molecule has 1 aliphatic heterocycles. The number of halogens is 2. The van der Waals surface area contributed by atoms with E-state index in [0.717, 1.165) is 0 Å².